The Bertz CT molecular complexity index is 1160. The number of ketones is 1. The molecule has 11 heteroatoms. The number of methoxy groups -OCH3 is 1. The van der Waals surface area contributed by atoms with E-state index < -0.39 is 41.4 Å². The van der Waals surface area contributed by atoms with Gasteiger partial charge in [-0.15, -0.1) is 11.3 Å². The van der Waals surface area contributed by atoms with Crippen LogP contribution < -0.4 is 10.9 Å². The molecule has 2 rings (SSSR count). The molecule has 0 bridgehead atoms. The Kier molecular flexibility index (Phi) is 9.88. The Hall–Kier alpha value is -3.34. The minimum absolute atomic E-state index is 0.126. The summed E-state index contributed by atoms with van der Waals surface area (Å²) < 4.78 is 46.9. The number of carbonyl (C=O) groups is 2. The van der Waals surface area contributed by atoms with Crippen molar-refractivity contribution in [3.05, 3.63) is 67.5 Å². The summed E-state index contributed by atoms with van der Waals surface area (Å²) in [5.74, 6) is -1.32. The summed E-state index contributed by atoms with van der Waals surface area (Å²) in [6.07, 6.45) is -0.311. The molecule has 190 valence electrons. The third kappa shape index (κ3) is 8.75. The number of alkyl carbamates (subject to hydrolysis) is 1. The molecule has 2 aromatic rings. The van der Waals surface area contributed by atoms with Crippen molar-refractivity contribution >= 4 is 29.3 Å². The number of rotatable bonds is 10. The molecule has 0 radical (unpaired) electrons. The fourth-order valence-electron chi connectivity index (χ4n) is 3.06. The highest BCUT2D eigenvalue weighted by atomic mass is 32.1. The second kappa shape index (κ2) is 12.4. The highest BCUT2D eigenvalue weighted by Gasteiger charge is 2.27. The molecular weight excluding hydrogens is 487 g/mol. The number of aromatic hydroxyl groups is 1. The van der Waals surface area contributed by atoms with Gasteiger partial charge in [-0.2, -0.15) is 13.2 Å². The number of alkyl halides is 3. The predicted octanol–water partition coefficient (Wildman–Crippen LogP) is 5.94. The van der Waals surface area contributed by atoms with Crippen LogP contribution in [0.25, 0.3) is 6.08 Å². The molecule has 0 aliphatic heterocycles. The minimum atomic E-state index is -4.25. The standard InChI is InChI=1S/C24H26F3NO6S/c1-14(6-4-5-11-28-23(32)33-3)19-13-18(29)20(22(31)34-19)21(30)15(2)12-17-8-7-16(35-17)9-10-24(25,26)27/h5,7-8,11-14,29H,4,6,9-10H2,1-3H3,(H,28,32)/b11-5+,15-12?. The molecule has 7 nitrogen and oxygen atoms in total. The number of carbonyl (C=O) groups excluding carboxylic acids is 2. The monoisotopic (exact) mass is 513 g/mol. The van der Waals surface area contributed by atoms with Crippen molar-refractivity contribution in [3.63, 3.8) is 0 Å². The Balaban J connectivity index is 2.08. The predicted molar refractivity (Wildman–Crippen MR) is 126 cm³/mol. The van der Waals surface area contributed by atoms with Crippen LogP contribution in [0.2, 0.25) is 0 Å². The molecule has 0 spiro atoms. The van der Waals surface area contributed by atoms with Gasteiger partial charge in [-0.25, -0.2) is 9.59 Å². The summed E-state index contributed by atoms with van der Waals surface area (Å²) in [4.78, 5) is 37.3. The van der Waals surface area contributed by atoms with E-state index in [-0.39, 0.29) is 23.7 Å². The van der Waals surface area contributed by atoms with Crippen LogP contribution in [0.1, 0.15) is 64.9 Å². The van der Waals surface area contributed by atoms with Crippen LogP contribution in [0.5, 0.6) is 5.75 Å². The van der Waals surface area contributed by atoms with Crippen molar-refractivity contribution < 1.29 is 37.0 Å². The molecule has 1 amide bonds. The second-order valence-corrected chi connectivity index (χ2v) is 8.99. The average Bonchev–Trinajstić information content (AvgIpc) is 3.23. The van der Waals surface area contributed by atoms with E-state index in [4.69, 9.17) is 4.42 Å². The lowest BCUT2D eigenvalue weighted by Gasteiger charge is -2.11. The van der Waals surface area contributed by atoms with Crippen molar-refractivity contribution in [2.24, 2.45) is 0 Å². The Labute approximate surface area is 203 Å². The van der Waals surface area contributed by atoms with Crippen molar-refractivity contribution in [2.45, 2.75) is 51.6 Å². The molecule has 0 saturated carbocycles. The first kappa shape index (κ1) is 27.9. The van der Waals surface area contributed by atoms with E-state index in [1.807, 2.05) is 0 Å². The van der Waals surface area contributed by atoms with E-state index >= 15 is 0 Å². The summed E-state index contributed by atoms with van der Waals surface area (Å²) in [6, 6.07) is 4.38. The van der Waals surface area contributed by atoms with Gasteiger partial charge in [0.25, 0.3) is 0 Å². The summed E-state index contributed by atoms with van der Waals surface area (Å²) in [5.41, 5.74) is -1.36. The lowest BCUT2D eigenvalue weighted by molar-refractivity contribution is -0.133. The van der Waals surface area contributed by atoms with Crippen LogP contribution in [-0.4, -0.2) is 30.3 Å². The zero-order chi connectivity index (χ0) is 26.2. The largest absolute Gasteiger partial charge is 0.507 e. The summed E-state index contributed by atoms with van der Waals surface area (Å²) >= 11 is 1.11. The first-order valence-electron chi connectivity index (χ1n) is 10.7. The van der Waals surface area contributed by atoms with Crippen molar-refractivity contribution in [1.82, 2.24) is 5.32 Å². The number of allylic oxidation sites excluding steroid dienone is 2. The van der Waals surface area contributed by atoms with Crippen LogP contribution in [0.4, 0.5) is 18.0 Å². The highest BCUT2D eigenvalue weighted by Crippen LogP contribution is 2.28. The van der Waals surface area contributed by atoms with Gasteiger partial charge in [0.05, 0.1) is 7.11 Å². The molecule has 0 aliphatic rings. The van der Waals surface area contributed by atoms with Gasteiger partial charge >= 0.3 is 17.9 Å². The number of hydrogen-bond donors (Lipinski definition) is 2. The van der Waals surface area contributed by atoms with E-state index in [0.29, 0.717) is 22.6 Å². The van der Waals surface area contributed by atoms with Gasteiger partial charge in [-0.05, 0) is 50.0 Å². The Morgan fingerprint density at radius 3 is 2.66 bits per heavy atom. The Morgan fingerprint density at radius 1 is 1.31 bits per heavy atom. The first-order chi connectivity index (χ1) is 16.4. The first-order valence-corrected chi connectivity index (χ1v) is 11.5. The second-order valence-electron chi connectivity index (χ2n) is 7.79. The Morgan fingerprint density at radius 2 is 2.03 bits per heavy atom. The van der Waals surface area contributed by atoms with Crippen LogP contribution >= 0.6 is 11.3 Å². The fraction of sp³-hybridized carbons (Fsp3) is 0.375. The van der Waals surface area contributed by atoms with Gasteiger partial charge in [0, 0.05) is 34.4 Å². The maximum Gasteiger partial charge on any atom is 0.410 e. The summed E-state index contributed by atoms with van der Waals surface area (Å²) in [7, 11) is 1.24. The number of aryl methyl sites for hydroxylation is 1. The van der Waals surface area contributed by atoms with Gasteiger partial charge < -0.3 is 14.3 Å². The zero-order valence-electron chi connectivity index (χ0n) is 19.4. The lowest BCUT2D eigenvalue weighted by atomic mass is 10.00. The van der Waals surface area contributed by atoms with Crippen molar-refractivity contribution in [1.29, 1.82) is 0 Å². The average molecular weight is 514 g/mol. The molecule has 2 heterocycles. The molecule has 1 atom stereocenters. The van der Waals surface area contributed by atoms with Gasteiger partial charge in [0.2, 0.25) is 0 Å². The van der Waals surface area contributed by atoms with Crippen LogP contribution in [0, 0.1) is 0 Å². The normalized spacial score (nSPS) is 13.1. The van der Waals surface area contributed by atoms with Crippen LogP contribution in [0.3, 0.4) is 0 Å². The number of amides is 1. The van der Waals surface area contributed by atoms with E-state index in [1.54, 1.807) is 25.1 Å². The number of thiophene rings is 1. The minimum Gasteiger partial charge on any atom is -0.507 e. The fourth-order valence-corrected chi connectivity index (χ4v) is 4.07. The molecular formula is C24H26F3NO6S. The van der Waals surface area contributed by atoms with Gasteiger partial charge in [-0.3, -0.25) is 10.1 Å². The van der Waals surface area contributed by atoms with Crippen molar-refractivity contribution in [3.8, 4) is 5.75 Å². The molecule has 0 fully saturated rings. The molecule has 0 aliphatic carbocycles. The topological polar surface area (TPSA) is 106 Å². The van der Waals surface area contributed by atoms with E-state index in [1.165, 1.54) is 32.4 Å². The number of nitrogens with one attached hydrogen (secondary N) is 1. The van der Waals surface area contributed by atoms with E-state index in [0.717, 1.165) is 11.3 Å². The van der Waals surface area contributed by atoms with Crippen molar-refractivity contribution in [2.75, 3.05) is 7.11 Å². The number of Topliss-reactive ketones (excluding diaryl/α,β-unsaturated/α-hetero) is 1. The number of halogens is 3. The van der Waals surface area contributed by atoms with Gasteiger partial charge in [0.1, 0.15) is 17.1 Å². The molecule has 0 saturated heterocycles. The van der Waals surface area contributed by atoms with E-state index in [2.05, 4.69) is 10.1 Å². The van der Waals surface area contributed by atoms with Gasteiger partial charge in [-0.1, -0.05) is 13.0 Å². The molecule has 0 aromatic carbocycles. The highest BCUT2D eigenvalue weighted by molar-refractivity contribution is 7.12. The van der Waals surface area contributed by atoms with Crippen LogP contribution in [0.15, 0.2) is 45.3 Å². The molecule has 1 unspecified atom stereocenters. The SMILES string of the molecule is COC(=O)N/C=C/CCC(C)c1cc(O)c(C(=O)C(C)=Cc2ccc(CCC(F)(F)F)s2)c(=O)o1. The third-order valence-electron chi connectivity index (χ3n) is 4.99. The smallest absolute Gasteiger partial charge is 0.410 e. The quantitative estimate of drug-likeness (QED) is 0.301. The third-order valence-corrected chi connectivity index (χ3v) is 6.08. The van der Waals surface area contributed by atoms with E-state index in [9.17, 15) is 32.7 Å². The number of hydrogen-bond acceptors (Lipinski definition) is 7. The molecule has 35 heavy (non-hydrogen) atoms. The summed E-state index contributed by atoms with van der Waals surface area (Å²) in [5, 5.41) is 12.8. The maximum absolute atomic E-state index is 12.8. The number of ether oxygens (including phenoxy) is 1. The molecule has 2 aromatic heterocycles. The lowest BCUT2D eigenvalue weighted by Crippen LogP contribution is -2.16. The summed E-state index contributed by atoms with van der Waals surface area (Å²) in [6.45, 7) is 3.22. The zero-order valence-corrected chi connectivity index (χ0v) is 20.2. The maximum atomic E-state index is 12.8. The van der Waals surface area contributed by atoms with Crippen LogP contribution in [-0.2, 0) is 11.2 Å². The van der Waals surface area contributed by atoms with Gasteiger partial charge in [0.15, 0.2) is 5.78 Å². The molecule has 2 N–H and O–H groups in total.